The Balaban J connectivity index is 1.81. The maximum Gasteiger partial charge on any atom is 0.228 e. The van der Waals surface area contributed by atoms with Gasteiger partial charge < -0.3 is 9.64 Å². The van der Waals surface area contributed by atoms with Gasteiger partial charge in [0.15, 0.2) is 0 Å². The first-order valence-electron chi connectivity index (χ1n) is 6.40. The van der Waals surface area contributed by atoms with Crippen molar-refractivity contribution in [2.75, 3.05) is 11.4 Å². The van der Waals surface area contributed by atoms with Gasteiger partial charge in [-0.25, -0.2) is 4.98 Å². The predicted molar refractivity (Wildman–Crippen MR) is 80.5 cm³/mol. The zero-order valence-electron chi connectivity index (χ0n) is 10.8. The summed E-state index contributed by atoms with van der Waals surface area (Å²) < 4.78 is 5.67. The lowest BCUT2D eigenvalue weighted by atomic mass is 10.3. The highest BCUT2D eigenvalue weighted by molar-refractivity contribution is 7.81. The Morgan fingerprint density at radius 3 is 2.85 bits per heavy atom. The minimum atomic E-state index is 0.0972. The molecule has 20 heavy (non-hydrogen) atoms. The molecule has 0 radical (unpaired) electrons. The summed E-state index contributed by atoms with van der Waals surface area (Å²) in [5.41, 5.74) is 0.833. The van der Waals surface area contributed by atoms with Crippen LogP contribution in [0.25, 0.3) is 0 Å². The number of anilines is 1. The van der Waals surface area contributed by atoms with Crippen molar-refractivity contribution in [2.24, 2.45) is 0 Å². The molecule has 3 rings (SSSR count). The highest BCUT2D eigenvalue weighted by Crippen LogP contribution is 2.28. The van der Waals surface area contributed by atoms with Crippen molar-refractivity contribution in [3.05, 3.63) is 48.7 Å². The van der Waals surface area contributed by atoms with Crippen LogP contribution in [0.5, 0.6) is 11.6 Å². The van der Waals surface area contributed by atoms with E-state index in [-0.39, 0.29) is 11.2 Å². The molecule has 1 aromatic heterocycles. The number of aromatic nitrogens is 1. The minimum Gasteiger partial charge on any atom is -0.439 e. The first kappa shape index (κ1) is 13.0. The summed E-state index contributed by atoms with van der Waals surface area (Å²) in [6, 6.07) is 12.9. The number of carbonyl (C=O) groups excluding carboxylic acids is 1. The maximum atomic E-state index is 11.9. The molecule has 1 aliphatic rings. The molecule has 1 saturated heterocycles. The number of thiol groups is 1. The summed E-state index contributed by atoms with van der Waals surface area (Å²) in [6.45, 7) is 0.634. The Morgan fingerprint density at radius 1 is 1.25 bits per heavy atom. The van der Waals surface area contributed by atoms with Crippen molar-refractivity contribution in [3.8, 4) is 11.6 Å². The topological polar surface area (TPSA) is 42.4 Å². The number of carbonyl (C=O) groups is 1. The number of hydrogen-bond donors (Lipinski definition) is 1. The van der Waals surface area contributed by atoms with Crippen molar-refractivity contribution in [1.82, 2.24) is 4.98 Å². The van der Waals surface area contributed by atoms with Gasteiger partial charge in [-0.05, 0) is 18.2 Å². The molecule has 1 unspecified atom stereocenters. The average molecular weight is 286 g/mol. The van der Waals surface area contributed by atoms with Crippen molar-refractivity contribution < 1.29 is 9.53 Å². The number of pyridine rings is 1. The second-order valence-electron chi connectivity index (χ2n) is 4.63. The zero-order valence-corrected chi connectivity index (χ0v) is 11.7. The molecular formula is C15H14N2O2S. The van der Waals surface area contributed by atoms with Gasteiger partial charge >= 0.3 is 0 Å². The van der Waals surface area contributed by atoms with Crippen molar-refractivity contribution in [2.45, 2.75) is 11.7 Å². The highest BCUT2D eigenvalue weighted by Gasteiger charge is 2.28. The first-order valence-corrected chi connectivity index (χ1v) is 6.91. The van der Waals surface area contributed by atoms with Crippen LogP contribution in [0.15, 0.2) is 48.7 Å². The van der Waals surface area contributed by atoms with E-state index in [0.29, 0.717) is 24.6 Å². The SMILES string of the molecule is O=C1CC(S)CN1c1cccc(Oc2ccccn2)c1. The fraction of sp³-hybridized carbons (Fsp3) is 0.200. The quantitative estimate of drug-likeness (QED) is 0.882. The van der Waals surface area contributed by atoms with Crippen LogP contribution in [0.3, 0.4) is 0 Å². The van der Waals surface area contributed by atoms with Gasteiger partial charge in [-0.1, -0.05) is 12.1 Å². The molecule has 0 N–H and O–H groups in total. The van der Waals surface area contributed by atoms with Crippen LogP contribution in [0.4, 0.5) is 5.69 Å². The van der Waals surface area contributed by atoms with E-state index >= 15 is 0 Å². The molecular weight excluding hydrogens is 272 g/mol. The molecule has 1 atom stereocenters. The number of hydrogen-bond acceptors (Lipinski definition) is 4. The maximum absolute atomic E-state index is 11.9. The summed E-state index contributed by atoms with van der Waals surface area (Å²) in [7, 11) is 0. The molecule has 1 fully saturated rings. The van der Waals surface area contributed by atoms with Gasteiger partial charge in [-0.3, -0.25) is 4.79 Å². The molecule has 2 heterocycles. The van der Waals surface area contributed by atoms with Crippen LogP contribution in [0.1, 0.15) is 6.42 Å². The van der Waals surface area contributed by atoms with Crippen molar-refractivity contribution in [1.29, 1.82) is 0 Å². The van der Waals surface area contributed by atoms with Crippen LogP contribution in [0.2, 0.25) is 0 Å². The highest BCUT2D eigenvalue weighted by atomic mass is 32.1. The molecule has 0 saturated carbocycles. The lowest BCUT2D eigenvalue weighted by molar-refractivity contribution is -0.117. The van der Waals surface area contributed by atoms with Crippen LogP contribution >= 0.6 is 12.6 Å². The number of benzene rings is 1. The molecule has 0 aliphatic carbocycles. The largest absolute Gasteiger partial charge is 0.439 e. The van der Waals surface area contributed by atoms with Gasteiger partial charge in [0.05, 0.1) is 0 Å². The summed E-state index contributed by atoms with van der Waals surface area (Å²) in [6.07, 6.45) is 2.16. The van der Waals surface area contributed by atoms with E-state index in [1.807, 2.05) is 36.4 Å². The number of nitrogens with zero attached hydrogens (tertiary/aromatic N) is 2. The normalized spacial score (nSPS) is 18.4. The first-order chi connectivity index (χ1) is 9.72. The minimum absolute atomic E-state index is 0.0972. The van der Waals surface area contributed by atoms with Gasteiger partial charge in [0.25, 0.3) is 0 Å². The number of amides is 1. The Hall–Kier alpha value is -2.01. The Morgan fingerprint density at radius 2 is 2.15 bits per heavy atom. The van der Waals surface area contributed by atoms with E-state index in [0.717, 1.165) is 5.69 Å². The van der Waals surface area contributed by atoms with E-state index in [2.05, 4.69) is 17.6 Å². The fourth-order valence-electron chi connectivity index (χ4n) is 2.18. The summed E-state index contributed by atoms with van der Waals surface area (Å²) in [5, 5.41) is 0.0999. The Bertz CT molecular complexity index is 618. The summed E-state index contributed by atoms with van der Waals surface area (Å²) >= 11 is 4.36. The van der Waals surface area contributed by atoms with Crippen LogP contribution in [0, 0.1) is 0 Å². The molecule has 0 bridgehead atoms. The summed E-state index contributed by atoms with van der Waals surface area (Å²) in [4.78, 5) is 17.7. The smallest absolute Gasteiger partial charge is 0.228 e. The van der Waals surface area contributed by atoms with Crippen LogP contribution in [-0.4, -0.2) is 22.7 Å². The molecule has 102 valence electrons. The predicted octanol–water partition coefficient (Wildman–Crippen LogP) is 2.91. The molecule has 1 amide bonds. The molecule has 5 heteroatoms. The van der Waals surface area contributed by atoms with Crippen molar-refractivity contribution in [3.63, 3.8) is 0 Å². The van der Waals surface area contributed by atoms with Crippen molar-refractivity contribution >= 4 is 24.2 Å². The second kappa shape index (κ2) is 5.54. The Labute approximate surface area is 122 Å². The van der Waals surface area contributed by atoms with Gasteiger partial charge in [0, 0.05) is 42.2 Å². The van der Waals surface area contributed by atoms with Gasteiger partial charge in [0.1, 0.15) is 5.75 Å². The molecule has 2 aromatic rings. The summed E-state index contributed by atoms with van der Waals surface area (Å²) in [5.74, 6) is 1.29. The van der Waals surface area contributed by atoms with Crippen LogP contribution < -0.4 is 9.64 Å². The van der Waals surface area contributed by atoms with E-state index in [1.54, 1.807) is 17.2 Å². The second-order valence-corrected chi connectivity index (χ2v) is 5.36. The third-order valence-corrected chi connectivity index (χ3v) is 3.44. The Kier molecular flexibility index (Phi) is 3.60. The third-order valence-electron chi connectivity index (χ3n) is 3.09. The standard InChI is InChI=1S/C15H14N2O2S/c18-15-9-13(20)10-17(15)11-4-3-5-12(8-11)19-14-6-1-2-7-16-14/h1-8,13,20H,9-10H2. The van der Waals surface area contributed by atoms with Gasteiger partial charge in [0.2, 0.25) is 11.8 Å². The number of ether oxygens (including phenoxy) is 1. The van der Waals surface area contributed by atoms with Gasteiger partial charge in [-0.2, -0.15) is 12.6 Å². The lowest BCUT2D eigenvalue weighted by Gasteiger charge is -2.16. The zero-order chi connectivity index (χ0) is 13.9. The lowest BCUT2D eigenvalue weighted by Crippen LogP contribution is -2.24. The van der Waals surface area contributed by atoms with Crippen LogP contribution in [-0.2, 0) is 4.79 Å². The molecule has 0 spiro atoms. The fourth-order valence-corrected chi connectivity index (χ4v) is 2.50. The molecule has 1 aliphatic heterocycles. The van der Waals surface area contributed by atoms with E-state index in [1.165, 1.54) is 0 Å². The van der Waals surface area contributed by atoms with E-state index in [9.17, 15) is 4.79 Å². The van der Waals surface area contributed by atoms with E-state index in [4.69, 9.17) is 4.74 Å². The monoisotopic (exact) mass is 286 g/mol. The molecule has 1 aromatic carbocycles. The third kappa shape index (κ3) is 2.77. The van der Waals surface area contributed by atoms with E-state index < -0.39 is 0 Å². The van der Waals surface area contributed by atoms with Gasteiger partial charge in [-0.15, -0.1) is 0 Å². The molecule has 4 nitrogen and oxygen atoms in total. The average Bonchev–Trinajstić information content (AvgIpc) is 2.79. The number of rotatable bonds is 3.